The number of piperidine rings is 1. The van der Waals surface area contributed by atoms with Crippen molar-refractivity contribution in [2.75, 3.05) is 19.0 Å². The van der Waals surface area contributed by atoms with E-state index < -0.39 is 0 Å². The van der Waals surface area contributed by atoms with Crippen molar-refractivity contribution >= 4 is 36.4 Å². The van der Waals surface area contributed by atoms with Crippen molar-refractivity contribution in [2.45, 2.75) is 50.9 Å². The monoisotopic (exact) mass is 451 g/mol. The molecular weight excluding hydrogens is 421 g/mol. The first-order valence-electron chi connectivity index (χ1n) is 10.2. The van der Waals surface area contributed by atoms with Crippen LogP contribution in [0.1, 0.15) is 47.6 Å². The zero-order valence-electron chi connectivity index (χ0n) is 17.3. The molecule has 0 bridgehead atoms. The maximum absolute atomic E-state index is 11.7. The van der Waals surface area contributed by atoms with Gasteiger partial charge >= 0.3 is 0 Å². The Labute approximate surface area is 191 Å². The molecule has 7 heteroatoms. The molecule has 2 atom stereocenters. The second kappa shape index (κ2) is 11.7. The highest BCUT2D eigenvalue weighted by Crippen LogP contribution is 2.28. The van der Waals surface area contributed by atoms with E-state index in [2.05, 4.69) is 58.4 Å². The molecule has 2 aliphatic heterocycles. The first-order valence-corrected chi connectivity index (χ1v) is 10.2. The Morgan fingerprint density at radius 3 is 2.67 bits per heavy atom. The first-order chi connectivity index (χ1) is 13.7. The van der Waals surface area contributed by atoms with Gasteiger partial charge in [-0.05, 0) is 54.1 Å². The second-order valence-corrected chi connectivity index (χ2v) is 7.73. The van der Waals surface area contributed by atoms with Crippen LogP contribution in [0.15, 0.2) is 42.5 Å². The minimum atomic E-state index is 0. The van der Waals surface area contributed by atoms with E-state index in [1.165, 1.54) is 23.1 Å². The van der Waals surface area contributed by atoms with Gasteiger partial charge < -0.3 is 20.7 Å². The van der Waals surface area contributed by atoms with Gasteiger partial charge in [0.15, 0.2) is 0 Å². The van der Waals surface area contributed by atoms with Gasteiger partial charge in [0.1, 0.15) is 0 Å². The summed E-state index contributed by atoms with van der Waals surface area (Å²) in [6, 6.07) is 15.7. The summed E-state index contributed by atoms with van der Waals surface area (Å²) in [4.78, 5) is 11.7. The fraction of sp³-hybridized carbons (Fsp3) is 0.435. The Balaban J connectivity index is 0.00000160. The number of nitrogens with one attached hydrogen (secondary N) is 3. The first kappa shape index (κ1) is 24.6. The lowest BCUT2D eigenvalue weighted by Crippen LogP contribution is -2.45. The van der Waals surface area contributed by atoms with Crippen molar-refractivity contribution in [2.24, 2.45) is 0 Å². The van der Waals surface area contributed by atoms with Gasteiger partial charge in [0, 0.05) is 37.8 Å². The third-order valence-corrected chi connectivity index (χ3v) is 5.79. The number of carbonyl (C=O) groups is 1. The maximum atomic E-state index is 11.7. The highest BCUT2D eigenvalue weighted by atomic mass is 35.5. The zero-order chi connectivity index (χ0) is 19.3. The van der Waals surface area contributed by atoms with E-state index in [4.69, 9.17) is 4.74 Å². The third-order valence-electron chi connectivity index (χ3n) is 5.79. The Bertz CT molecular complexity index is 833. The fourth-order valence-electron chi connectivity index (χ4n) is 4.34. The number of methoxy groups -OCH3 is 1. The minimum Gasteiger partial charge on any atom is -0.380 e. The van der Waals surface area contributed by atoms with Gasteiger partial charge in [-0.15, -0.1) is 24.8 Å². The van der Waals surface area contributed by atoms with Gasteiger partial charge in [-0.2, -0.15) is 0 Å². The van der Waals surface area contributed by atoms with E-state index in [0.717, 1.165) is 37.2 Å². The summed E-state index contributed by atoms with van der Waals surface area (Å²) in [5.74, 6) is 0.0979. The number of halogens is 2. The molecule has 3 N–H and O–H groups in total. The van der Waals surface area contributed by atoms with Crippen LogP contribution in [0.25, 0.3) is 0 Å². The van der Waals surface area contributed by atoms with Crippen LogP contribution < -0.4 is 16.0 Å². The lowest BCUT2D eigenvalue weighted by molar-refractivity contribution is -0.116. The molecule has 0 spiro atoms. The smallest absolute Gasteiger partial charge is 0.224 e. The summed E-state index contributed by atoms with van der Waals surface area (Å²) in [5.41, 5.74) is 5.89. The molecule has 0 aromatic heterocycles. The summed E-state index contributed by atoms with van der Waals surface area (Å²) in [6.07, 6.45) is 3.71. The van der Waals surface area contributed by atoms with Crippen LogP contribution in [0.4, 0.5) is 5.69 Å². The predicted molar refractivity (Wildman–Crippen MR) is 126 cm³/mol. The van der Waals surface area contributed by atoms with Gasteiger partial charge in [0.05, 0.1) is 6.61 Å². The quantitative estimate of drug-likeness (QED) is 0.617. The van der Waals surface area contributed by atoms with Crippen LogP contribution in [-0.4, -0.2) is 25.6 Å². The SMILES string of the molecule is COCc1cc2c(cc1CNC1CCCNC1c1ccccc1)CCC(=O)N2.Cl.Cl. The summed E-state index contributed by atoms with van der Waals surface area (Å²) >= 11 is 0. The van der Waals surface area contributed by atoms with Crippen LogP contribution in [0.5, 0.6) is 0 Å². The maximum Gasteiger partial charge on any atom is 0.224 e. The van der Waals surface area contributed by atoms with Crippen molar-refractivity contribution in [3.05, 3.63) is 64.7 Å². The number of ether oxygens (including phenoxy) is 1. The molecule has 2 heterocycles. The van der Waals surface area contributed by atoms with E-state index in [1.54, 1.807) is 7.11 Å². The highest BCUT2D eigenvalue weighted by Gasteiger charge is 2.26. The number of amides is 1. The Morgan fingerprint density at radius 1 is 1.10 bits per heavy atom. The van der Waals surface area contributed by atoms with Gasteiger partial charge in [-0.3, -0.25) is 4.79 Å². The molecule has 2 aromatic rings. The van der Waals surface area contributed by atoms with Crippen LogP contribution in [-0.2, 0) is 29.1 Å². The third kappa shape index (κ3) is 5.74. The Kier molecular flexibility index (Phi) is 9.59. The van der Waals surface area contributed by atoms with Gasteiger partial charge in [0.25, 0.3) is 0 Å². The molecule has 5 nitrogen and oxygen atoms in total. The molecule has 1 amide bonds. The van der Waals surface area contributed by atoms with Crippen molar-refractivity contribution in [1.82, 2.24) is 10.6 Å². The fourth-order valence-corrected chi connectivity index (χ4v) is 4.34. The number of rotatable bonds is 6. The molecule has 1 fully saturated rings. The Hall–Kier alpha value is -1.63. The van der Waals surface area contributed by atoms with E-state index in [0.29, 0.717) is 25.1 Å². The Morgan fingerprint density at radius 2 is 1.90 bits per heavy atom. The van der Waals surface area contributed by atoms with Crippen molar-refractivity contribution in [1.29, 1.82) is 0 Å². The number of hydrogen-bond donors (Lipinski definition) is 3. The molecule has 4 rings (SSSR count). The number of benzene rings is 2. The topological polar surface area (TPSA) is 62.4 Å². The van der Waals surface area contributed by atoms with E-state index in [1.807, 2.05) is 0 Å². The lowest BCUT2D eigenvalue weighted by Gasteiger charge is -2.34. The van der Waals surface area contributed by atoms with E-state index in [-0.39, 0.29) is 30.7 Å². The molecule has 0 radical (unpaired) electrons. The summed E-state index contributed by atoms with van der Waals surface area (Å²) in [7, 11) is 1.71. The summed E-state index contributed by atoms with van der Waals surface area (Å²) in [5, 5.41) is 10.5. The molecule has 0 aliphatic carbocycles. The number of carbonyl (C=O) groups excluding carboxylic acids is 1. The minimum absolute atomic E-state index is 0. The molecular formula is C23H31Cl2N3O2. The lowest BCUT2D eigenvalue weighted by atomic mass is 9.91. The van der Waals surface area contributed by atoms with Gasteiger partial charge in [-0.1, -0.05) is 36.4 Å². The molecule has 2 aliphatic rings. The van der Waals surface area contributed by atoms with Gasteiger partial charge in [-0.25, -0.2) is 0 Å². The van der Waals surface area contributed by atoms with E-state index >= 15 is 0 Å². The number of hydrogen-bond acceptors (Lipinski definition) is 4. The molecule has 0 saturated carbocycles. The average Bonchev–Trinajstić information content (AvgIpc) is 2.73. The highest BCUT2D eigenvalue weighted by molar-refractivity contribution is 5.94. The number of aryl methyl sites for hydroxylation is 1. The second-order valence-electron chi connectivity index (χ2n) is 7.73. The predicted octanol–water partition coefficient (Wildman–Crippen LogP) is 4.14. The number of anilines is 1. The van der Waals surface area contributed by atoms with Crippen molar-refractivity contribution < 1.29 is 9.53 Å². The standard InChI is InChI=1S/C23H29N3O2.2ClH/c1-28-15-19-13-21-17(9-10-22(27)26-21)12-18(19)14-25-20-8-5-11-24-23(20)16-6-3-2-4-7-16;;/h2-4,6-7,12-13,20,23-25H,5,8-11,14-15H2,1H3,(H,26,27);2*1H. The largest absolute Gasteiger partial charge is 0.380 e. The molecule has 164 valence electrons. The van der Waals surface area contributed by atoms with Crippen LogP contribution >= 0.6 is 24.8 Å². The average molecular weight is 452 g/mol. The summed E-state index contributed by atoms with van der Waals surface area (Å²) in [6.45, 7) is 2.41. The van der Waals surface area contributed by atoms with Gasteiger partial charge in [0.2, 0.25) is 5.91 Å². The van der Waals surface area contributed by atoms with Crippen molar-refractivity contribution in [3.63, 3.8) is 0 Å². The summed E-state index contributed by atoms with van der Waals surface area (Å²) < 4.78 is 5.42. The van der Waals surface area contributed by atoms with E-state index in [9.17, 15) is 4.79 Å². The van der Waals surface area contributed by atoms with Crippen LogP contribution in [0.3, 0.4) is 0 Å². The molecule has 2 aromatic carbocycles. The normalized spacial score (nSPS) is 20.4. The van der Waals surface area contributed by atoms with Crippen molar-refractivity contribution in [3.8, 4) is 0 Å². The molecule has 30 heavy (non-hydrogen) atoms. The molecule has 2 unspecified atom stereocenters. The number of fused-ring (bicyclic) bond motifs is 1. The van der Waals surface area contributed by atoms with Crippen LogP contribution in [0.2, 0.25) is 0 Å². The molecule has 1 saturated heterocycles. The van der Waals surface area contributed by atoms with Crippen LogP contribution in [0, 0.1) is 0 Å². The zero-order valence-corrected chi connectivity index (χ0v) is 18.9.